The Bertz CT molecular complexity index is 596. The molecule has 0 spiro atoms. The van der Waals surface area contributed by atoms with E-state index in [-0.39, 0.29) is 12.1 Å². The molecule has 0 bridgehead atoms. The molecule has 21 heavy (non-hydrogen) atoms. The summed E-state index contributed by atoms with van der Waals surface area (Å²) in [5.41, 5.74) is 7.36. The Balaban J connectivity index is 2.27. The van der Waals surface area contributed by atoms with Crippen LogP contribution >= 0.6 is 22.9 Å². The molecule has 1 aromatic carbocycles. The summed E-state index contributed by atoms with van der Waals surface area (Å²) < 4.78 is 6.19. The Labute approximate surface area is 135 Å². The largest absolute Gasteiger partial charge is 0.483 e. The molecule has 2 aromatic rings. The van der Waals surface area contributed by atoms with Gasteiger partial charge in [0, 0.05) is 20.8 Å². The van der Waals surface area contributed by atoms with Crippen LogP contribution in [0.3, 0.4) is 0 Å². The van der Waals surface area contributed by atoms with Crippen LogP contribution in [0.5, 0.6) is 5.75 Å². The molecule has 2 N–H and O–H groups in total. The fourth-order valence-corrected chi connectivity index (χ4v) is 3.45. The molecule has 0 fully saturated rings. The zero-order valence-electron chi connectivity index (χ0n) is 12.7. The van der Waals surface area contributed by atoms with Crippen LogP contribution < -0.4 is 10.5 Å². The van der Waals surface area contributed by atoms with Crippen molar-refractivity contribution < 1.29 is 4.74 Å². The SMILES string of the molecule is CCc1cc(OC(c2ccc(C)s2)C(N)CC)ccc1Cl. The molecule has 0 saturated carbocycles. The van der Waals surface area contributed by atoms with Gasteiger partial charge in [-0.1, -0.05) is 25.4 Å². The van der Waals surface area contributed by atoms with Crippen molar-refractivity contribution in [3.05, 3.63) is 50.7 Å². The van der Waals surface area contributed by atoms with Crippen molar-refractivity contribution in [2.75, 3.05) is 0 Å². The highest BCUT2D eigenvalue weighted by atomic mass is 35.5. The van der Waals surface area contributed by atoms with Crippen molar-refractivity contribution in [1.82, 2.24) is 0 Å². The Hall–Kier alpha value is -1.03. The Kier molecular flexibility index (Phi) is 5.68. The summed E-state index contributed by atoms with van der Waals surface area (Å²) in [4.78, 5) is 2.45. The van der Waals surface area contributed by atoms with Crippen LogP contribution in [0.15, 0.2) is 30.3 Å². The van der Waals surface area contributed by atoms with Crippen LogP contribution in [0, 0.1) is 6.92 Å². The predicted molar refractivity (Wildman–Crippen MR) is 91.5 cm³/mol. The van der Waals surface area contributed by atoms with Crippen LogP contribution in [0.1, 0.15) is 41.7 Å². The van der Waals surface area contributed by atoms with E-state index in [4.69, 9.17) is 22.1 Å². The van der Waals surface area contributed by atoms with E-state index < -0.39 is 0 Å². The molecule has 0 aliphatic rings. The number of hydrogen-bond donors (Lipinski definition) is 1. The van der Waals surface area contributed by atoms with Crippen LogP contribution in [0.4, 0.5) is 0 Å². The minimum atomic E-state index is -0.111. The highest BCUT2D eigenvalue weighted by molar-refractivity contribution is 7.12. The average Bonchev–Trinajstić information content (AvgIpc) is 2.91. The Morgan fingerprint density at radius 3 is 2.57 bits per heavy atom. The van der Waals surface area contributed by atoms with E-state index in [2.05, 4.69) is 32.9 Å². The summed E-state index contributed by atoms with van der Waals surface area (Å²) in [6.07, 6.45) is 1.65. The fourth-order valence-electron chi connectivity index (χ4n) is 2.22. The Morgan fingerprint density at radius 2 is 2.00 bits per heavy atom. The molecular formula is C17H22ClNOS. The van der Waals surface area contributed by atoms with E-state index in [1.54, 1.807) is 11.3 Å². The lowest BCUT2D eigenvalue weighted by Gasteiger charge is -2.23. The van der Waals surface area contributed by atoms with Crippen LogP contribution in [0.25, 0.3) is 0 Å². The third-order valence-electron chi connectivity index (χ3n) is 3.56. The van der Waals surface area contributed by atoms with Gasteiger partial charge >= 0.3 is 0 Å². The average molecular weight is 324 g/mol. The number of rotatable bonds is 6. The normalized spacial score (nSPS) is 14.0. The first kappa shape index (κ1) is 16.3. The van der Waals surface area contributed by atoms with E-state index in [1.165, 1.54) is 9.75 Å². The maximum Gasteiger partial charge on any atom is 0.148 e. The first-order valence-electron chi connectivity index (χ1n) is 7.32. The molecule has 0 amide bonds. The summed E-state index contributed by atoms with van der Waals surface area (Å²) in [5, 5.41) is 0.785. The molecule has 0 aliphatic heterocycles. The molecule has 1 heterocycles. The highest BCUT2D eigenvalue weighted by Crippen LogP contribution is 2.32. The van der Waals surface area contributed by atoms with Gasteiger partial charge in [0.15, 0.2) is 0 Å². The van der Waals surface area contributed by atoms with E-state index in [1.807, 2.05) is 18.2 Å². The number of thiophene rings is 1. The van der Waals surface area contributed by atoms with Gasteiger partial charge < -0.3 is 10.5 Å². The monoisotopic (exact) mass is 323 g/mol. The molecular weight excluding hydrogens is 302 g/mol. The topological polar surface area (TPSA) is 35.2 Å². The second-order valence-electron chi connectivity index (χ2n) is 5.17. The molecule has 2 unspecified atom stereocenters. The van der Waals surface area contributed by atoms with Crippen LogP contribution in [-0.4, -0.2) is 6.04 Å². The smallest absolute Gasteiger partial charge is 0.148 e. The van der Waals surface area contributed by atoms with Crippen molar-refractivity contribution in [3.8, 4) is 5.75 Å². The van der Waals surface area contributed by atoms with Crippen LogP contribution in [0.2, 0.25) is 5.02 Å². The summed E-state index contributed by atoms with van der Waals surface area (Å²) >= 11 is 7.91. The van der Waals surface area contributed by atoms with Gasteiger partial charge in [-0.15, -0.1) is 11.3 Å². The summed E-state index contributed by atoms with van der Waals surface area (Å²) in [5.74, 6) is 0.830. The number of ether oxygens (including phenoxy) is 1. The van der Waals surface area contributed by atoms with E-state index in [0.29, 0.717) is 0 Å². The molecule has 4 heteroatoms. The first-order chi connectivity index (χ1) is 10.0. The molecule has 2 rings (SSSR count). The van der Waals surface area contributed by atoms with Crippen molar-refractivity contribution >= 4 is 22.9 Å². The molecule has 2 nitrogen and oxygen atoms in total. The predicted octanol–water partition coefficient (Wildman–Crippen LogP) is 5.13. The first-order valence-corrected chi connectivity index (χ1v) is 8.51. The van der Waals surface area contributed by atoms with Crippen LogP contribution in [-0.2, 0) is 6.42 Å². The molecule has 0 radical (unpaired) electrons. The number of nitrogens with two attached hydrogens (primary N) is 1. The lowest BCUT2D eigenvalue weighted by Crippen LogP contribution is -2.30. The second kappa shape index (κ2) is 7.30. The number of aryl methyl sites for hydroxylation is 2. The molecule has 114 valence electrons. The van der Waals surface area contributed by atoms with E-state index in [9.17, 15) is 0 Å². The number of halogens is 1. The van der Waals surface area contributed by atoms with Gasteiger partial charge in [0.1, 0.15) is 11.9 Å². The number of benzene rings is 1. The molecule has 0 saturated heterocycles. The van der Waals surface area contributed by atoms with Gasteiger partial charge in [-0.05, 0) is 55.7 Å². The Morgan fingerprint density at radius 1 is 1.24 bits per heavy atom. The summed E-state index contributed by atoms with van der Waals surface area (Å²) in [6.45, 7) is 6.27. The summed E-state index contributed by atoms with van der Waals surface area (Å²) in [6, 6.07) is 10.0. The van der Waals surface area contributed by atoms with Crippen molar-refractivity contribution in [3.63, 3.8) is 0 Å². The zero-order chi connectivity index (χ0) is 15.4. The van der Waals surface area contributed by atoms with E-state index in [0.717, 1.165) is 29.2 Å². The third-order valence-corrected chi connectivity index (χ3v) is 4.99. The maximum absolute atomic E-state index is 6.26. The molecule has 0 aliphatic carbocycles. The number of hydrogen-bond acceptors (Lipinski definition) is 3. The third kappa shape index (κ3) is 4.00. The van der Waals surface area contributed by atoms with Gasteiger partial charge in [-0.25, -0.2) is 0 Å². The lowest BCUT2D eigenvalue weighted by atomic mass is 10.1. The maximum atomic E-state index is 6.26. The second-order valence-corrected chi connectivity index (χ2v) is 6.89. The van der Waals surface area contributed by atoms with Gasteiger partial charge in [0.25, 0.3) is 0 Å². The molecule has 2 atom stereocenters. The van der Waals surface area contributed by atoms with Gasteiger partial charge in [0.2, 0.25) is 0 Å². The fraction of sp³-hybridized carbons (Fsp3) is 0.412. The molecule has 1 aromatic heterocycles. The van der Waals surface area contributed by atoms with E-state index >= 15 is 0 Å². The van der Waals surface area contributed by atoms with Gasteiger partial charge in [0.05, 0.1) is 0 Å². The van der Waals surface area contributed by atoms with Gasteiger partial charge in [-0.2, -0.15) is 0 Å². The standard InChI is InChI=1S/C17H22ClNOS/c1-4-12-10-13(7-8-14(12)18)20-17(15(19)5-2)16-9-6-11(3)21-16/h6-10,15,17H,4-5,19H2,1-3H3. The van der Waals surface area contributed by atoms with Gasteiger partial charge in [-0.3, -0.25) is 0 Å². The highest BCUT2D eigenvalue weighted by Gasteiger charge is 2.22. The minimum absolute atomic E-state index is 0.0243. The zero-order valence-corrected chi connectivity index (χ0v) is 14.3. The lowest BCUT2D eigenvalue weighted by molar-refractivity contribution is 0.174. The van der Waals surface area contributed by atoms with Crippen molar-refractivity contribution in [2.24, 2.45) is 5.73 Å². The van der Waals surface area contributed by atoms with Crippen molar-refractivity contribution in [1.29, 1.82) is 0 Å². The quantitative estimate of drug-likeness (QED) is 0.799. The minimum Gasteiger partial charge on any atom is -0.483 e. The summed E-state index contributed by atoms with van der Waals surface area (Å²) in [7, 11) is 0. The van der Waals surface area contributed by atoms with Crippen molar-refractivity contribution in [2.45, 2.75) is 45.8 Å².